The predicted octanol–water partition coefficient (Wildman–Crippen LogP) is 2.87. The third kappa shape index (κ3) is 3.55. The van der Waals surface area contributed by atoms with Crippen LogP contribution in [0.15, 0.2) is 42.5 Å². The summed E-state index contributed by atoms with van der Waals surface area (Å²) in [6, 6.07) is 14.5. The van der Waals surface area contributed by atoms with Crippen molar-refractivity contribution < 1.29 is 9.53 Å². The Morgan fingerprint density at radius 3 is 2.79 bits per heavy atom. The molecule has 0 bridgehead atoms. The molecule has 0 aliphatic carbocycles. The van der Waals surface area contributed by atoms with Gasteiger partial charge in [-0.1, -0.05) is 58.4 Å². The third-order valence-electron chi connectivity index (χ3n) is 2.98. The van der Waals surface area contributed by atoms with Crippen LogP contribution in [-0.4, -0.2) is 24.5 Å². The molecule has 0 heterocycles. The van der Waals surface area contributed by atoms with Gasteiger partial charge in [-0.15, -0.1) is 0 Å². The number of nitrogens with one attached hydrogen (secondary N) is 1. The number of hydrogen-bond acceptors (Lipinski definition) is 3. The number of alkyl halides is 1. The van der Waals surface area contributed by atoms with Crippen molar-refractivity contribution in [3.8, 4) is 0 Å². The van der Waals surface area contributed by atoms with Crippen LogP contribution < -0.4 is 5.32 Å². The molecule has 0 saturated heterocycles. The van der Waals surface area contributed by atoms with E-state index in [0.717, 1.165) is 6.54 Å². The van der Waals surface area contributed by atoms with Crippen LogP contribution in [0.25, 0.3) is 10.8 Å². The van der Waals surface area contributed by atoms with Crippen LogP contribution in [0.1, 0.15) is 5.56 Å². The number of fused-ring (bicyclic) bond motifs is 1. The van der Waals surface area contributed by atoms with Crippen molar-refractivity contribution in [3.63, 3.8) is 0 Å². The van der Waals surface area contributed by atoms with Gasteiger partial charge >= 0.3 is 5.97 Å². The maximum atomic E-state index is 11.3. The van der Waals surface area contributed by atoms with Gasteiger partial charge in [-0.05, 0) is 16.3 Å². The van der Waals surface area contributed by atoms with Crippen LogP contribution >= 0.6 is 15.9 Å². The second-order valence-electron chi connectivity index (χ2n) is 4.26. The molecule has 0 aromatic heterocycles. The number of hydrogen-bond donors (Lipinski definition) is 1. The van der Waals surface area contributed by atoms with Gasteiger partial charge in [-0.25, -0.2) is 0 Å². The Morgan fingerprint density at radius 1 is 1.26 bits per heavy atom. The number of esters is 1. The van der Waals surface area contributed by atoms with E-state index in [1.165, 1.54) is 23.4 Å². The molecule has 1 unspecified atom stereocenters. The Bertz CT molecular complexity index is 566. The van der Waals surface area contributed by atoms with Gasteiger partial charge in [0.15, 0.2) is 0 Å². The number of ether oxygens (including phenoxy) is 1. The average Bonchev–Trinajstić information content (AvgIpc) is 2.46. The van der Waals surface area contributed by atoms with Crippen molar-refractivity contribution in [1.82, 2.24) is 5.32 Å². The first-order valence-electron chi connectivity index (χ1n) is 6.11. The second kappa shape index (κ2) is 6.68. The first-order chi connectivity index (χ1) is 9.22. The first kappa shape index (κ1) is 14.0. The van der Waals surface area contributed by atoms with E-state index in [-0.39, 0.29) is 10.8 Å². The lowest BCUT2D eigenvalue weighted by Crippen LogP contribution is -2.29. The summed E-state index contributed by atoms with van der Waals surface area (Å²) >= 11 is 3.29. The quantitative estimate of drug-likeness (QED) is 0.679. The highest BCUT2D eigenvalue weighted by Gasteiger charge is 2.14. The fraction of sp³-hybridized carbons (Fsp3) is 0.267. The lowest BCUT2D eigenvalue weighted by atomic mass is 10.0. The van der Waals surface area contributed by atoms with Gasteiger partial charge in [0.05, 0.1) is 7.11 Å². The summed E-state index contributed by atoms with van der Waals surface area (Å²) < 4.78 is 4.66. The number of methoxy groups -OCH3 is 1. The molecule has 0 spiro atoms. The Morgan fingerprint density at radius 2 is 2.00 bits per heavy atom. The van der Waals surface area contributed by atoms with Gasteiger partial charge in [-0.3, -0.25) is 4.79 Å². The van der Waals surface area contributed by atoms with Gasteiger partial charge in [0, 0.05) is 13.1 Å². The molecule has 0 aliphatic rings. The van der Waals surface area contributed by atoms with Gasteiger partial charge in [-0.2, -0.15) is 0 Å². The van der Waals surface area contributed by atoms with Gasteiger partial charge < -0.3 is 10.1 Å². The molecule has 2 aromatic rings. The highest BCUT2D eigenvalue weighted by atomic mass is 79.9. The highest BCUT2D eigenvalue weighted by Crippen LogP contribution is 2.18. The summed E-state index contributed by atoms with van der Waals surface area (Å²) in [5.74, 6) is -0.259. The fourth-order valence-electron chi connectivity index (χ4n) is 1.99. The summed E-state index contributed by atoms with van der Waals surface area (Å²) in [6.45, 7) is 1.26. The van der Waals surface area contributed by atoms with Gasteiger partial charge in [0.2, 0.25) is 0 Å². The second-order valence-corrected chi connectivity index (χ2v) is 5.37. The summed E-state index contributed by atoms with van der Waals surface area (Å²) in [5.41, 5.74) is 1.22. The first-order valence-corrected chi connectivity index (χ1v) is 7.03. The Balaban J connectivity index is 2.00. The number of halogens is 1. The van der Waals surface area contributed by atoms with E-state index in [1.54, 1.807) is 0 Å². The van der Waals surface area contributed by atoms with Crippen molar-refractivity contribution in [1.29, 1.82) is 0 Å². The molecule has 2 rings (SSSR count). The van der Waals surface area contributed by atoms with Crippen molar-refractivity contribution in [2.24, 2.45) is 0 Å². The zero-order valence-corrected chi connectivity index (χ0v) is 12.3. The summed E-state index contributed by atoms with van der Waals surface area (Å²) in [6.07, 6.45) is 0. The van der Waals surface area contributed by atoms with Crippen molar-refractivity contribution in [3.05, 3.63) is 48.0 Å². The molecule has 1 atom stereocenters. The van der Waals surface area contributed by atoms with Crippen molar-refractivity contribution in [2.75, 3.05) is 13.7 Å². The number of benzene rings is 2. The summed E-state index contributed by atoms with van der Waals surface area (Å²) in [5, 5.41) is 5.73. The Hall–Kier alpha value is -1.39. The third-order valence-corrected chi connectivity index (χ3v) is 3.67. The van der Waals surface area contributed by atoms with E-state index in [1.807, 2.05) is 18.2 Å². The molecular formula is C15H16BrNO2. The normalized spacial score (nSPS) is 12.3. The van der Waals surface area contributed by atoms with Crippen LogP contribution in [-0.2, 0) is 16.1 Å². The fourth-order valence-corrected chi connectivity index (χ4v) is 2.41. The van der Waals surface area contributed by atoms with E-state index < -0.39 is 0 Å². The predicted molar refractivity (Wildman–Crippen MR) is 80.4 cm³/mol. The number of carbonyl (C=O) groups is 1. The molecular weight excluding hydrogens is 306 g/mol. The van der Waals surface area contributed by atoms with Gasteiger partial charge in [0.1, 0.15) is 4.83 Å². The molecule has 3 nitrogen and oxygen atoms in total. The van der Waals surface area contributed by atoms with E-state index in [4.69, 9.17) is 0 Å². The highest BCUT2D eigenvalue weighted by molar-refractivity contribution is 9.10. The lowest BCUT2D eigenvalue weighted by molar-refractivity contribution is -0.139. The molecule has 0 amide bonds. The zero-order chi connectivity index (χ0) is 13.7. The van der Waals surface area contributed by atoms with Crippen LogP contribution in [0.5, 0.6) is 0 Å². The van der Waals surface area contributed by atoms with Crippen LogP contribution in [0.2, 0.25) is 0 Å². The summed E-state index contributed by atoms with van der Waals surface area (Å²) in [7, 11) is 1.39. The van der Waals surface area contributed by atoms with Crippen LogP contribution in [0.4, 0.5) is 0 Å². The molecule has 0 radical (unpaired) electrons. The SMILES string of the molecule is COC(=O)C(Br)CNCc1cccc2ccccc12. The average molecular weight is 322 g/mol. The Kier molecular flexibility index (Phi) is 4.93. The maximum Gasteiger partial charge on any atom is 0.320 e. The van der Waals surface area contributed by atoms with E-state index in [2.05, 4.69) is 50.2 Å². The largest absolute Gasteiger partial charge is 0.468 e. The smallest absolute Gasteiger partial charge is 0.320 e. The lowest BCUT2D eigenvalue weighted by Gasteiger charge is -2.10. The van der Waals surface area contributed by atoms with E-state index in [0.29, 0.717) is 6.54 Å². The zero-order valence-electron chi connectivity index (χ0n) is 10.7. The molecule has 1 N–H and O–H groups in total. The summed E-state index contributed by atoms with van der Waals surface area (Å²) in [4.78, 5) is 10.9. The van der Waals surface area contributed by atoms with Crippen LogP contribution in [0, 0.1) is 0 Å². The number of rotatable bonds is 5. The molecule has 0 aliphatic heterocycles. The topological polar surface area (TPSA) is 38.3 Å². The molecule has 4 heteroatoms. The maximum absolute atomic E-state index is 11.3. The molecule has 19 heavy (non-hydrogen) atoms. The monoisotopic (exact) mass is 321 g/mol. The molecule has 0 saturated carbocycles. The minimum Gasteiger partial charge on any atom is -0.468 e. The van der Waals surface area contributed by atoms with Gasteiger partial charge in [0.25, 0.3) is 0 Å². The minimum atomic E-state index is -0.313. The van der Waals surface area contributed by atoms with E-state index in [9.17, 15) is 4.79 Å². The molecule has 2 aromatic carbocycles. The van der Waals surface area contributed by atoms with Crippen LogP contribution in [0.3, 0.4) is 0 Å². The van der Waals surface area contributed by atoms with Crippen molar-refractivity contribution >= 4 is 32.7 Å². The minimum absolute atomic E-state index is 0.259. The molecule has 100 valence electrons. The standard InChI is InChI=1S/C15H16BrNO2/c1-19-15(18)14(16)10-17-9-12-7-4-6-11-5-2-3-8-13(11)12/h2-8,14,17H,9-10H2,1H3. The number of carbonyl (C=O) groups excluding carboxylic acids is 1. The Labute approximate surface area is 121 Å². The van der Waals surface area contributed by atoms with E-state index >= 15 is 0 Å². The molecule has 0 fully saturated rings. The van der Waals surface area contributed by atoms with Crippen molar-refractivity contribution in [2.45, 2.75) is 11.4 Å².